The summed E-state index contributed by atoms with van der Waals surface area (Å²) in [5, 5.41) is 0. The van der Waals surface area contributed by atoms with E-state index in [0.29, 0.717) is 19.3 Å². The third kappa shape index (κ3) is 43.4. The monoisotopic (exact) mass is 779 g/mol. The van der Waals surface area contributed by atoms with Crippen LogP contribution in [0.15, 0.2) is 0 Å². The highest BCUT2D eigenvalue weighted by Crippen LogP contribution is 2.17. The van der Waals surface area contributed by atoms with Gasteiger partial charge in [0.25, 0.3) is 0 Å². The Labute approximate surface area is 342 Å². The highest BCUT2D eigenvalue weighted by atomic mass is 16.6. The maximum absolute atomic E-state index is 12.7. The second-order valence-corrected chi connectivity index (χ2v) is 17.7. The summed E-state index contributed by atoms with van der Waals surface area (Å²) in [6.45, 7) is 11.3. The highest BCUT2D eigenvalue weighted by Gasteiger charge is 2.19. The van der Waals surface area contributed by atoms with Crippen molar-refractivity contribution in [3.8, 4) is 0 Å². The fourth-order valence-electron chi connectivity index (χ4n) is 7.28. The zero-order valence-corrected chi connectivity index (χ0v) is 37.6. The first-order valence-corrected chi connectivity index (χ1v) is 24.2. The predicted octanol–water partition coefficient (Wildman–Crippen LogP) is 15.4. The van der Waals surface area contributed by atoms with Crippen molar-refractivity contribution < 1.29 is 28.6 Å². The minimum atomic E-state index is -0.761. The van der Waals surface area contributed by atoms with Crippen LogP contribution in [0.5, 0.6) is 0 Å². The topological polar surface area (TPSA) is 78.9 Å². The number of rotatable bonds is 43. The lowest BCUT2D eigenvalue weighted by atomic mass is 10.0. The number of carbonyl (C=O) groups is 3. The fourth-order valence-corrected chi connectivity index (χ4v) is 7.28. The number of esters is 3. The maximum Gasteiger partial charge on any atom is 0.306 e. The molecule has 0 bridgehead atoms. The number of unbranched alkanes of at least 4 members (excludes halogenated alkanes) is 28. The van der Waals surface area contributed by atoms with Crippen LogP contribution in [0.1, 0.15) is 266 Å². The molecule has 0 amide bonds. The molecule has 0 aromatic heterocycles. The molecule has 0 aromatic rings. The van der Waals surface area contributed by atoms with E-state index in [1.807, 2.05) is 0 Å². The average molecular weight is 779 g/mol. The van der Waals surface area contributed by atoms with Crippen molar-refractivity contribution >= 4 is 17.9 Å². The Balaban J connectivity index is 4.30. The molecule has 6 heteroatoms. The largest absolute Gasteiger partial charge is 0.462 e. The molecule has 0 N–H and O–H groups in total. The summed E-state index contributed by atoms with van der Waals surface area (Å²) in [4.78, 5) is 37.8. The first-order chi connectivity index (χ1) is 26.7. The van der Waals surface area contributed by atoms with Crippen LogP contribution in [0.4, 0.5) is 0 Å². The summed E-state index contributed by atoms with van der Waals surface area (Å²) < 4.78 is 16.7. The minimum Gasteiger partial charge on any atom is -0.462 e. The molecule has 0 saturated carbocycles. The molecule has 0 aliphatic rings. The standard InChI is InChI=1S/C49H94O6/c1-6-7-8-9-10-11-14-18-24-29-34-39-47(50)53-42-46(55-49(52)41-36-31-26-21-20-23-28-33-38-45(4)5)43-54-48(51)40-35-30-25-19-16-13-12-15-17-22-27-32-37-44(2)3/h44-46H,6-43H2,1-5H3/t46-/m0/s1. The van der Waals surface area contributed by atoms with Gasteiger partial charge in [0, 0.05) is 19.3 Å². The average Bonchev–Trinajstić information content (AvgIpc) is 3.15. The summed E-state index contributed by atoms with van der Waals surface area (Å²) in [6, 6.07) is 0. The van der Waals surface area contributed by atoms with Gasteiger partial charge in [-0.05, 0) is 31.1 Å². The van der Waals surface area contributed by atoms with Gasteiger partial charge in [0.05, 0.1) is 0 Å². The first kappa shape index (κ1) is 53.4. The maximum atomic E-state index is 12.7. The van der Waals surface area contributed by atoms with Gasteiger partial charge in [0.1, 0.15) is 13.2 Å². The van der Waals surface area contributed by atoms with Crippen LogP contribution in [0, 0.1) is 11.8 Å². The summed E-state index contributed by atoms with van der Waals surface area (Å²) in [5.41, 5.74) is 0. The number of carbonyl (C=O) groups excluding carboxylic acids is 3. The second-order valence-electron chi connectivity index (χ2n) is 17.7. The van der Waals surface area contributed by atoms with E-state index in [9.17, 15) is 14.4 Å². The van der Waals surface area contributed by atoms with Crippen LogP contribution in [0.2, 0.25) is 0 Å². The van der Waals surface area contributed by atoms with Gasteiger partial charge in [0.2, 0.25) is 0 Å². The molecule has 0 radical (unpaired) electrons. The third-order valence-electron chi connectivity index (χ3n) is 11.0. The Morgan fingerprint density at radius 2 is 0.600 bits per heavy atom. The van der Waals surface area contributed by atoms with Gasteiger partial charge in [-0.3, -0.25) is 14.4 Å². The first-order valence-electron chi connectivity index (χ1n) is 24.2. The van der Waals surface area contributed by atoms with Gasteiger partial charge in [0.15, 0.2) is 6.10 Å². The Hall–Kier alpha value is -1.59. The molecule has 0 fully saturated rings. The zero-order valence-electron chi connectivity index (χ0n) is 37.6. The summed E-state index contributed by atoms with van der Waals surface area (Å²) in [5.74, 6) is 0.772. The van der Waals surface area contributed by atoms with Crippen LogP contribution in [-0.2, 0) is 28.6 Å². The smallest absolute Gasteiger partial charge is 0.306 e. The quantitative estimate of drug-likeness (QED) is 0.0348. The van der Waals surface area contributed by atoms with E-state index in [4.69, 9.17) is 14.2 Å². The van der Waals surface area contributed by atoms with Gasteiger partial charge >= 0.3 is 17.9 Å². The molecule has 55 heavy (non-hydrogen) atoms. The Morgan fingerprint density at radius 1 is 0.345 bits per heavy atom. The molecule has 0 aromatic carbocycles. The van der Waals surface area contributed by atoms with Crippen molar-refractivity contribution in [1.82, 2.24) is 0 Å². The molecule has 6 nitrogen and oxygen atoms in total. The van der Waals surface area contributed by atoms with Gasteiger partial charge in [-0.1, -0.05) is 227 Å². The van der Waals surface area contributed by atoms with Crippen molar-refractivity contribution in [2.45, 2.75) is 272 Å². The van der Waals surface area contributed by atoms with E-state index in [1.54, 1.807) is 0 Å². The van der Waals surface area contributed by atoms with Crippen LogP contribution in [-0.4, -0.2) is 37.2 Å². The van der Waals surface area contributed by atoms with Gasteiger partial charge in [-0.25, -0.2) is 0 Å². The molecule has 0 unspecified atom stereocenters. The molecule has 0 aliphatic carbocycles. The van der Waals surface area contributed by atoms with Crippen molar-refractivity contribution in [2.24, 2.45) is 11.8 Å². The Bertz CT molecular complexity index is 839. The molecular weight excluding hydrogens is 685 g/mol. The van der Waals surface area contributed by atoms with Crippen molar-refractivity contribution in [3.05, 3.63) is 0 Å². The van der Waals surface area contributed by atoms with E-state index < -0.39 is 6.10 Å². The highest BCUT2D eigenvalue weighted by molar-refractivity contribution is 5.71. The molecule has 1 atom stereocenters. The van der Waals surface area contributed by atoms with Crippen LogP contribution >= 0.6 is 0 Å². The van der Waals surface area contributed by atoms with Gasteiger partial charge < -0.3 is 14.2 Å². The zero-order chi connectivity index (χ0) is 40.5. The third-order valence-corrected chi connectivity index (χ3v) is 11.0. The molecule has 0 heterocycles. The normalized spacial score (nSPS) is 12.1. The summed E-state index contributed by atoms with van der Waals surface area (Å²) in [6.07, 6.45) is 40.9. The van der Waals surface area contributed by atoms with E-state index in [2.05, 4.69) is 34.6 Å². The van der Waals surface area contributed by atoms with Gasteiger partial charge in [-0.15, -0.1) is 0 Å². The number of hydrogen-bond donors (Lipinski definition) is 0. The van der Waals surface area contributed by atoms with Crippen molar-refractivity contribution in [2.75, 3.05) is 13.2 Å². The SMILES string of the molecule is CCCCCCCCCCCCCC(=O)OC[C@@H](COC(=O)CCCCCCCCCCCCCCC(C)C)OC(=O)CCCCCCCCCCC(C)C. The van der Waals surface area contributed by atoms with Crippen LogP contribution in [0.25, 0.3) is 0 Å². The van der Waals surface area contributed by atoms with E-state index in [1.165, 1.54) is 154 Å². The number of hydrogen-bond acceptors (Lipinski definition) is 6. The lowest BCUT2D eigenvalue weighted by Gasteiger charge is -2.18. The number of ether oxygens (including phenoxy) is 3. The molecular formula is C49H94O6. The molecule has 0 aliphatic heterocycles. The van der Waals surface area contributed by atoms with Crippen molar-refractivity contribution in [3.63, 3.8) is 0 Å². The summed E-state index contributed by atoms with van der Waals surface area (Å²) >= 11 is 0. The van der Waals surface area contributed by atoms with E-state index in [0.717, 1.165) is 69.6 Å². The Kier molecular flexibility index (Phi) is 40.8. The lowest BCUT2D eigenvalue weighted by molar-refractivity contribution is -0.167. The fraction of sp³-hybridized carbons (Fsp3) is 0.939. The second kappa shape index (κ2) is 42.0. The summed E-state index contributed by atoms with van der Waals surface area (Å²) in [7, 11) is 0. The molecule has 326 valence electrons. The van der Waals surface area contributed by atoms with Crippen molar-refractivity contribution in [1.29, 1.82) is 0 Å². The predicted molar refractivity (Wildman–Crippen MR) is 233 cm³/mol. The lowest BCUT2D eigenvalue weighted by Crippen LogP contribution is -2.30. The van der Waals surface area contributed by atoms with E-state index in [-0.39, 0.29) is 31.1 Å². The Morgan fingerprint density at radius 3 is 0.891 bits per heavy atom. The molecule has 0 saturated heterocycles. The van der Waals surface area contributed by atoms with E-state index >= 15 is 0 Å². The van der Waals surface area contributed by atoms with Crippen LogP contribution < -0.4 is 0 Å². The van der Waals surface area contributed by atoms with Crippen LogP contribution in [0.3, 0.4) is 0 Å². The molecule has 0 spiro atoms. The molecule has 0 rings (SSSR count). The minimum absolute atomic E-state index is 0.0646. The van der Waals surface area contributed by atoms with Gasteiger partial charge in [-0.2, -0.15) is 0 Å².